The van der Waals surface area contributed by atoms with E-state index in [1.54, 1.807) is 0 Å². The van der Waals surface area contributed by atoms with Gasteiger partial charge in [-0.05, 0) is 166 Å². The Labute approximate surface area is 677 Å². The predicted octanol–water partition coefficient (Wildman–Crippen LogP) is -8.11. The number of urea groups is 1. The molecule has 4 N–H and O–H groups in total. The van der Waals surface area contributed by atoms with Gasteiger partial charge in [-0.2, -0.15) is 47.5 Å². The van der Waals surface area contributed by atoms with Crippen LogP contribution in [0.5, 0.6) is 11.5 Å². The van der Waals surface area contributed by atoms with E-state index in [1.807, 2.05) is 0 Å². The number of azo groups is 4. The molecule has 0 heterocycles. The van der Waals surface area contributed by atoms with Crippen molar-refractivity contribution in [3.8, 4) is 11.5 Å². The van der Waals surface area contributed by atoms with E-state index in [4.69, 9.17) is 0 Å². The van der Waals surface area contributed by atoms with Gasteiger partial charge in [0.25, 0.3) is 20.2 Å². The number of anilines is 2. The van der Waals surface area contributed by atoms with Crippen molar-refractivity contribution in [2.75, 3.05) is 10.6 Å². The summed E-state index contributed by atoms with van der Waals surface area (Å²) in [4.78, 5) is 7.53. The molecule has 0 aliphatic heterocycles. The molecule has 31 nitrogen and oxygen atoms in total. The third-order valence-corrected chi connectivity index (χ3v) is 17.9. The van der Waals surface area contributed by atoms with Gasteiger partial charge in [0.1, 0.15) is 50.3 Å². The molecular weight excluding hydrogens is 1440 g/mol. The number of nitrogens with one attached hydrogen (secondary N) is 2. The first-order chi connectivity index (χ1) is 42.1. The van der Waals surface area contributed by atoms with Gasteiger partial charge >= 0.3 is 183 Å². The summed E-state index contributed by atoms with van der Waals surface area (Å²) >= 11 is 0. The first-order valence-corrected chi connectivity index (χ1v) is 33.0. The zero-order chi connectivity index (χ0) is 65.0. The number of hydrogen-bond acceptors (Lipinski definition) is 27. The molecule has 0 unspecified atom stereocenters. The Bertz CT molecular complexity index is 5270. The minimum absolute atomic E-state index is 0. The molecular formula is C53H30N10Na6O21S6. The Balaban J connectivity index is 0.00000327. The molecule has 10 aromatic rings. The molecule has 10 aromatic carbocycles. The van der Waals surface area contributed by atoms with Crippen LogP contribution in [0, 0.1) is 0 Å². The second-order valence-electron chi connectivity index (χ2n) is 18.8. The molecule has 0 radical (unpaired) electrons. The van der Waals surface area contributed by atoms with Gasteiger partial charge in [-0.3, -0.25) is 9.11 Å². The molecule has 2 amide bonds. The summed E-state index contributed by atoms with van der Waals surface area (Å²) in [6.07, 6.45) is 0. The van der Waals surface area contributed by atoms with Gasteiger partial charge in [0.05, 0.1) is 65.1 Å². The van der Waals surface area contributed by atoms with Crippen LogP contribution >= 0.6 is 0 Å². The number of fused-ring (bicyclic) bond motifs is 4. The van der Waals surface area contributed by atoms with E-state index in [1.165, 1.54) is 109 Å². The van der Waals surface area contributed by atoms with Crippen LogP contribution in [0.25, 0.3) is 43.1 Å². The van der Waals surface area contributed by atoms with E-state index < -0.39 is 119 Å². The van der Waals surface area contributed by atoms with Crippen molar-refractivity contribution in [1.82, 2.24) is 0 Å². The van der Waals surface area contributed by atoms with Crippen molar-refractivity contribution in [3.63, 3.8) is 0 Å². The van der Waals surface area contributed by atoms with E-state index >= 15 is 0 Å². The van der Waals surface area contributed by atoms with Crippen molar-refractivity contribution in [1.29, 1.82) is 0 Å². The summed E-state index contributed by atoms with van der Waals surface area (Å²) < 4.78 is 212. The molecule has 0 atom stereocenters. The van der Waals surface area contributed by atoms with Gasteiger partial charge in [-0.1, -0.05) is 35.8 Å². The molecule has 43 heteroatoms. The minimum atomic E-state index is -5.26. The van der Waals surface area contributed by atoms with E-state index in [0.29, 0.717) is 12.1 Å². The van der Waals surface area contributed by atoms with Gasteiger partial charge in [0, 0.05) is 22.1 Å². The molecule has 0 bridgehead atoms. The van der Waals surface area contributed by atoms with Gasteiger partial charge in [0.15, 0.2) is 0 Å². The minimum Gasteiger partial charge on any atom is -0.871 e. The third kappa shape index (κ3) is 20.2. The number of hydrogen-bond donors (Lipinski definition) is 4. The number of rotatable bonds is 16. The first-order valence-electron chi connectivity index (χ1n) is 24.5. The van der Waals surface area contributed by atoms with Crippen LogP contribution in [0.3, 0.4) is 0 Å². The zero-order valence-electron chi connectivity index (χ0n) is 50.2. The first kappa shape index (κ1) is 84.4. The normalized spacial score (nSPS) is 12.2. The summed E-state index contributed by atoms with van der Waals surface area (Å²) in [6, 6.07) is 28.8. The monoisotopic (exact) mass is 1470 g/mol. The van der Waals surface area contributed by atoms with Crippen LogP contribution in [0.1, 0.15) is 0 Å². The Hall–Kier alpha value is -4.03. The molecule has 0 aliphatic rings. The van der Waals surface area contributed by atoms with E-state index in [0.717, 1.165) is 36.4 Å². The fourth-order valence-electron chi connectivity index (χ4n) is 8.72. The number of benzene rings is 10. The van der Waals surface area contributed by atoms with Crippen LogP contribution in [0.4, 0.5) is 61.7 Å². The van der Waals surface area contributed by atoms with Crippen molar-refractivity contribution in [3.05, 3.63) is 158 Å². The van der Waals surface area contributed by atoms with Gasteiger partial charge in [-0.25, -0.2) is 38.5 Å². The average Bonchev–Trinajstić information content (AvgIpc) is 0.795. The summed E-state index contributed by atoms with van der Waals surface area (Å²) in [5.74, 6) is -2.02. The summed E-state index contributed by atoms with van der Waals surface area (Å²) in [5, 5.41) is 62.7. The van der Waals surface area contributed by atoms with E-state index in [9.17, 15) is 92.8 Å². The fourth-order valence-corrected chi connectivity index (χ4v) is 12.7. The van der Waals surface area contributed by atoms with Crippen LogP contribution in [0.2, 0.25) is 0 Å². The van der Waals surface area contributed by atoms with Crippen molar-refractivity contribution in [2.45, 2.75) is 29.4 Å². The maximum Gasteiger partial charge on any atom is 1.00 e. The van der Waals surface area contributed by atoms with Crippen LogP contribution in [-0.4, -0.2) is 83.9 Å². The smallest absolute Gasteiger partial charge is 0.871 e. The van der Waals surface area contributed by atoms with Crippen LogP contribution in [-0.2, 0) is 60.7 Å². The molecule has 0 fully saturated rings. The topological polar surface area (TPSA) is 524 Å². The summed E-state index contributed by atoms with van der Waals surface area (Å²) in [7, 11) is -31.1. The fraction of sp³-hybridized carbons (Fsp3) is 0. The molecule has 0 saturated carbocycles. The molecule has 0 aromatic heterocycles. The van der Waals surface area contributed by atoms with Gasteiger partial charge < -0.3 is 39.1 Å². The maximum absolute atomic E-state index is 13.7. The predicted molar refractivity (Wildman–Crippen MR) is 308 cm³/mol. The van der Waals surface area contributed by atoms with Gasteiger partial charge in [0.2, 0.25) is 0 Å². The Morgan fingerprint density at radius 3 is 0.896 bits per heavy atom. The number of nitrogens with zero attached hydrogens (tertiary/aromatic N) is 8. The number of amides is 2. The molecule has 0 aliphatic carbocycles. The number of carbonyl (C=O) groups is 1. The quantitative estimate of drug-likeness (QED) is 0.0396. The molecule has 460 valence electrons. The Kier molecular flexibility index (Phi) is 29.2. The van der Waals surface area contributed by atoms with E-state index in [2.05, 4.69) is 51.5 Å². The zero-order valence-corrected chi connectivity index (χ0v) is 67.1. The standard InChI is InChI=1S/C53H36N10O21S6.6Na/c64-51-41-15-13-35(17-29(41)21-47(89(79,80)81)49(51)62-58-33-9-5-31(6-10-33)56-60-37-3-1-27-19-39(85(67,68)69)25-45(43(27)23-37)87(73,74)75)54-53(66)55-36-14-16-42-30(18-36)22-48(90(82,83)84)50(52(42)65)63-59-34-11-7-32(8-12-34)57-61-38-4-2-28-20-40(86(70,71)72)26-46(44(28)24-38)88(76,77)78;;;;;;/h1-26,64-65H,(H2,54,55,66)(H,67,68,69)(H,70,71,72)(H,73,74,75)(H,76,77,78)(H,79,80,81)(H,82,83,84);;;;;;/q;6*+1/p-6. The molecule has 96 heavy (non-hydrogen) atoms. The molecule has 0 saturated heterocycles. The van der Waals surface area contributed by atoms with Crippen LogP contribution < -0.4 is 198 Å². The van der Waals surface area contributed by atoms with E-state index in [-0.39, 0.29) is 266 Å². The maximum atomic E-state index is 13.7. The Morgan fingerprint density at radius 2 is 0.604 bits per heavy atom. The van der Waals surface area contributed by atoms with Crippen LogP contribution in [0.15, 0.2) is 228 Å². The Morgan fingerprint density at radius 1 is 0.312 bits per heavy atom. The van der Waals surface area contributed by atoms with Crippen molar-refractivity contribution < 1.29 is 270 Å². The van der Waals surface area contributed by atoms with Crippen molar-refractivity contribution >= 4 is 167 Å². The van der Waals surface area contributed by atoms with Gasteiger partial charge in [-0.15, -0.1) is 10.2 Å². The summed E-state index contributed by atoms with van der Waals surface area (Å²) in [5.41, 5.74) is -1.22. The molecule has 10 rings (SSSR count). The average molecular weight is 1470 g/mol. The largest absolute Gasteiger partial charge is 1.00 e. The SMILES string of the molecule is O=C(Nc1ccc2c([O-])c(N=Nc3ccc(N=Nc4ccc5cc(S(=O)(=O)[O-])cc(S(=O)(=O)[O-])c5c4)cc3)c(S(=O)(=O)O)cc2c1)Nc1ccc2c([O-])c(N=Nc3ccc(N=Nc4ccc5cc(S(=O)(=O)[O-])cc(S(=O)(=O)[O-])c5c4)cc3)c(S(=O)(=O)O)cc2c1.[Na+].[Na+].[Na+].[Na+].[Na+].[Na+]. The second kappa shape index (κ2) is 33.2. The third-order valence-electron chi connectivity index (χ3n) is 12.8. The summed E-state index contributed by atoms with van der Waals surface area (Å²) in [6.45, 7) is 0. The number of carbonyl (C=O) groups excluding carboxylic acids is 1. The molecule has 0 spiro atoms. The van der Waals surface area contributed by atoms with Crippen molar-refractivity contribution in [2.24, 2.45) is 40.9 Å². The second-order valence-corrected chi connectivity index (χ2v) is 27.0.